The molecule has 88 valence electrons. The summed E-state index contributed by atoms with van der Waals surface area (Å²) in [4.78, 5) is 8.17. The number of hydrogen-bond donors (Lipinski definition) is 3. The smallest absolute Gasteiger partial charge is 0.131 e. The molecule has 1 fully saturated rings. The van der Waals surface area contributed by atoms with Crippen LogP contribution < -0.4 is 10.6 Å². The highest BCUT2D eigenvalue weighted by molar-refractivity contribution is 5.45. The minimum atomic E-state index is -0.155. The van der Waals surface area contributed by atoms with Gasteiger partial charge in [-0.3, -0.25) is 0 Å². The standard InChI is InChI=1S/C11H18N4O/c1-12-10-5-11(15-7-14-10)13-6-8-3-2-4-9(8)16/h5,7-9,16H,2-4,6H2,1H3,(H2,12,13,14,15). The molecule has 16 heavy (non-hydrogen) atoms. The maximum atomic E-state index is 9.68. The van der Waals surface area contributed by atoms with Crippen molar-refractivity contribution in [1.29, 1.82) is 0 Å². The Balaban J connectivity index is 1.88. The molecule has 0 bridgehead atoms. The van der Waals surface area contributed by atoms with Crippen LogP contribution >= 0.6 is 0 Å². The second-order valence-corrected chi connectivity index (χ2v) is 4.18. The highest BCUT2D eigenvalue weighted by Gasteiger charge is 2.24. The van der Waals surface area contributed by atoms with Crippen LogP contribution in [0.2, 0.25) is 0 Å². The van der Waals surface area contributed by atoms with Gasteiger partial charge in [0.2, 0.25) is 0 Å². The van der Waals surface area contributed by atoms with Gasteiger partial charge in [-0.25, -0.2) is 9.97 Å². The van der Waals surface area contributed by atoms with E-state index in [1.807, 2.05) is 13.1 Å². The zero-order valence-electron chi connectivity index (χ0n) is 9.48. The minimum Gasteiger partial charge on any atom is -0.393 e. The Kier molecular flexibility index (Phi) is 3.56. The molecule has 1 heterocycles. The first-order valence-electron chi connectivity index (χ1n) is 5.71. The molecule has 0 radical (unpaired) electrons. The Bertz CT molecular complexity index is 345. The Labute approximate surface area is 95.3 Å². The number of anilines is 2. The summed E-state index contributed by atoms with van der Waals surface area (Å²) in [5, 5.41) is 15.9. The van der Waals surface area contributed by atoms with Gasteiger partial charge in [-0.1, -0.05) is 6.42 Å². The van der Waals surface area contributed by atoms with Crippen molar-refractivity contribution in [2.45, 2.75) is 25.4 Å². The van der Waals surface area contributed by atoms with Gasteiger partial charge in [0.05, 0.1) is 6.10 Å². The molecule has 3 N–H and O–H groups in total. The zero-order valence-corrected chi connectivity index (χ0v) is 9.48. The minimum absolute atomic E-state index is 0.155. The van der Waals surface area contributed by atoms with Crippen molar-refractivity contribution in [3.63, 3.8) is 0 Å². The number of aromatic nitrogens is 2. The lowest BCUT2D eigenvalue weighted by Crippen LogP contribution is -2.22. The van der Waals surface area contributed by atoms with Gasteiger partial charge in [-0.05, 0) is 12.8 Å². The van der Waals surface area contributed by atoms with E-state index in [-0.39, 0.29) is 6.10 Å². The second-order valence-electron chi connectivity index (χ2n) is 4.18. The summed E-state index contributed by atoms with van der Waals surface area (Å²) in [5.74, 6) is 1.95. The first kappa shape index (κ1) is 11.1. The third kappa shape index (κ3) is 2.61. The quantitative estimate of drug-likeness (QED) is 0.711. The van der Waals surface area contributed by atoms with E-state index in [0.29, 0.717) is 5.92 Å². The van der Waals surface area contributed by atoms with E-state index in [9.17, 15) is 5.11 Å². The van der Waals surface area contributed by atoms with Gasteiger partial charge >= 0.3 is 0 Å². The van der Waals surface area contributed by atoms with E-state index < -0.39 is 0 Å². The fourth-order valence-corrected chi connectivity index (χ4v) is 2.08. The van der Waals surface area contributed by atoms with Gasteiger partial charge in [-0.2, -0.15) is 0 Å². The fraction of sp³-hybridized carbons (Fsp3) is 0.636. The summed E-state index contributed by atoms with van der Waals surface area (Å²) in [5.41, 5.74) is 0. The monoisotopic (exact) mass is 222 g/mol. The SMILES string of the molecule is CNc1cc(NCC2CCCC2O)ncn1. The van der Waals surface area contributed by atoms with Crippen molar-refractivity contribution in [2.24, 2.45) is 5.92 Å². The molecule has 0 saturated heterocycles. The second kappa shape index (κ2) is 5.12. The van der Waals surface area contributed by atoms with Gasteiger partial charge in [0, 0.05) is 25.6 Å². The van der Waals surface area contributed by atoms with Crippen molar-refractivity contribution >= 4 is 11.6 Å². The number of hydrogen-bond acceptors (Lipinski definition) is 5. The van der Waals surface area contributed by atoms with Crippen LogP contribution in [0.4, 0.5) is 11.6 Å². The van der Waals surface area contributed by atoms with Crippen molar-refractivity contribution in [3.8, 4) is 0 Å². The molecule has 1 aromatic heterocycles. The summed E-state index contributed by atoms with van der Waals surface area (Å²) in [6, 6.07) is 1.86. The van der Waals surface area contributed by atoms with Gasteiger partial charge in [0.15, 0.2) is 0 Å². The van der Waals surface area contributed by atoms with E-state index in [2.05, 4.69) is 20.6 Å². The Morgan fingerprint density at radius 3 is 2.88 bits per heavy atom. The van der Waals surface area contributed by atoms with E-state index in [1.54, 1.807) is 0 Å². The number of aliphatic hydroxyl groups is 1. The molecule has 1 aromatic rings. The fourth-order valence-electron chi connectivity index (χ4n) is 2.08. The van der Waals surface area contributed by atoms with E-state index in [0.717, 1.165) is 37.4 Å². The van der Waals surface area contributed by atoms with Gasteiger partial charge in [0.1, 0.15) is 18.0 Å². The van der Waals surface area contributed by atoms with Crippen LogP contribution in [-0.4, -0.2) is 34.8 Å². The van der Waals surface area contributed by atoms with E-state index in [1.165, 1.54) is 6.33 Å². The van der Waals surface area contributed by atoms with Crippen LogP contribution in [0.5, 0.6) is 0 Å². The third-order valence-corrected chi connectivity index (χ3v) is 3.09. The van der Waals surface area contributed by atoms with Crippen LogP contribution in [0.3, 0.4) is 0 Å². The predicted molar refractivity (Wildman–Crippen MR) is 63.4 cm³/mol. The van der Waals surface area contributed by atoms with Crippen molar-refractivity contribution in [3.05, 3.63) is 12.4 Å². The molecule has 5 nitrogen and oxygen atoms in total. The number of nitrogens with zero attached hydrogens (tertiary/aromatic N) is 2. The van der Waals surface area contributed by atoms with Crippen LogP contribution in [0.25, 0.3) is 0 Å². The maximum absolute atomic E-state index is 9.68. The highest BCUT2D eigenvalue weighted by atomic mass is 16.3. The Morgan fingerprint density at radius 2 is 2.19 bits per heavy atom. The first-order chi connectivity index (χ1) is 7.79. The third-order valence-electron chi connectivity index (χ3n) is 3.09. The molecule has 1 aliphatic rings. The molecule has 1 aliphatic carbocycles. The van der Waals surface area contributed by atoms with Gasteiger partial charge in [-0.15, -0.1) is 0 Å². The first-order valence-corrected chi connectivity index (χ1v) is 5.71. The lowest BCUT2D eigenvalue weighted by Gasteiger charge is -2.15. The molecule has 2 unspecified atom stereocenters. The predicted octanol–water partition coefficient (Wildman–Crippen LogP) is 1.09. The summed E-state index contributed by atoms with van der Waals surface area (Å²) >= 11 is 0. The molecule has 2 atom stereocenters. The summed E-state index contributed by atoms with van der Waals surface area (Å²) in [7, 11) is 1.83. The van der Waals surface area contributed by atoms with Crippen molar-refractivity contribution in [2.75, 3.05) is 24.2 Å². The number of nitrogens with one attached hydrogen (secondary N) is 2. The lowest BCUT2D eigenvalue weighted by atomic mass is 10.1. The summed E-state index contributed by atoms with van der Waals surface area (Å²) in [6.07, 6.45) is 4.52. The van der Waals surface area contributed by atoms with Crippen LogP contribution in [0.1, 0.15) is 19.3 Å². The highest BCUT2D eigenvalue weighted by Crippen LogP contribution is 2.25. The van der Waals surface area contributed by atoms with Crippen LogP contribution in [0.15, 0.2) is 12.4 Å². The zero-order chi connectivity index (χ0) is 11.4. The molecular formula is C11H18N4O. The van der Waals surface area contributed by atoms with E-state index >= 15 is 0 Å². The normalized spacial score (nSPS) is 24.4. The summed E-state index contributed by atoms with van der Waals surface area (Å²) in [6.45, 7) is 0.779. The summed E-state index contributed by atoms with van der Waals surface area (Å²) < 4.78 is 0. The Morgan fingerprint density at radius 1 is 1.38 bits per heavy atom. The average Bonchev–Trinajstić information content (AvgIpc) is 2.72. The van der Waals surface area contributed by atoms with Crippen molar-refractivity contribution < 1.29 is 5.11 Å². The number of aliphatic hydroxyl groups excluding tert-OH is 1. The van der Waals surface area contributed by atoms with Crippen LogP contribution in [0, 0.1) is 5.92 Å². The van der Waals surface area contributed by atoms with Crippen molar-refractivity contribution in [1.82, 2.24) is 9.97 Å². The molecule has 5 heteroatoms. The van der Waals surface area contributed by atoms with Crippen LogP contribution in [-0.2, 0) is 0 Å². The molecule has 0 aliphatic heterocycles. The molecule has 1 saturated carbocycles. The molecule has 0 aromatic carbocycles. The molecule has 0 spiro atoms. The largest absolute Gasteiger partial charge is 0.393 e. The number of rotatable bonds is 4. The topological polar surface area (TPSA) is 70.1 Å². The van der Waals surface area contributed by atoms with Gasteiger partial charge in [0.25, 0.3) is 0 Å². The van der Waals surface area contributed by atoms with E-state index in [4.69, 9.17) is 0 Å². The maximum Gasteiger partial charge on any atom is 0.131 e. The molecule has 2 rings (SSSR count). The molecular weight excluding hydrogens is 204 g/mol. The Hall–Kier alpha value is -1.36. The lowest BCUT2D eigenvalue weighted by molar-refractivity contribution is 0.138. The van der Waals surface area contributed by atoms with Gasteiger partial charge < -0.3 is 15.7 Å². The average molecular weight is 222 g/mol. The molecule has 0 amide bonds.